The van der Waals surface area contributed by atoms with Gasteiger partial charge in [-0.15, -0.1) is 0 Å². The van der Waals surface area contributed by atoms with Gasteiger partial charge in [0.2, 0.25) is 0 Å². The maximum Gasteiger partial charge on any atom is 0.306 e. The number of esters is 3. The smallest absolute Gasteiger partial charge is 0.306 e. The Balaban J connectivity index is 4.13. The molecule has 6 nitrogen and oxygen atoms in total. The van der Waals surface area contributed by atoms with Gasteiger partial charge in [-0.1, -0.05) is 337 Å². The fourth-order valence-electron chi connectivity index (χ4n) is 10.5. The van der Waals surface area contributed by atoms with E-state index >= 15 is 0 Å². The van der Waals surface area contributed by atoms with Crippen molar-refractivity contribution in [3.8, 4) is 0 Å². The zero-order chi connectivity index (χ0) is 59.9. The van der Waals surface area contributed by atoms with E-state index in [1.807, 2.05) is 0 Å². The Bertz CT molecular complexity index is 1570. The van der Waals surface area contributed by atoms with Gasteiger partial charge in [0.05, 0.1) is 0 Å². The Hall–Kier alpha value is -3.41. The van der Waals surface area contributed by atoms with Crippen molar-refractivity contribution in [2.45, 2.75) is 374 Å². The predicted molar refractivity (Wildman–Crippen MR) is 362 cm³/mol. The van der Waals surface area contributed by atoms with E-state index < -0.39 is 6.10 Å². The lowest BCUT2D eigenvalue weighted by Gasteiger charge is -2.18. The average Bonchev–Trinajstić information content (AvgIpc) is 3.49. The van der Waals surface area contributed by atoms with Crippen molar-refractivity contribution >= 4 is 17.9 Å². The molecule has 0 aromatic rings. The summed E-state index contributed by atoms with van der Waals surface area (Å²) in [7, 11) is 0. The summed E-state index contributed by atoms with van der Waals surface area (Å²) in [5.41, 5.74) is 0. The number of hydrogen-bond acceptors (Lipinski definition) is 6. The van der Waals surface area contributed by atoms with Gasteiger partial charge in [-0.05, 0) is 96.3 Å². The van der Waals surface area contributed by atoms with Crippen LogP contribution in [0.25, 0.3) is 0 Å². The van der Waals surface area contributed by atoms with Crippen LogP contribution in [0.5, 0.6) is 0 Å². The van der Waals surface area contributed by atoms with Crippen LogP contribution in [0.1, 0.15) is 367 Å². The molecule has 0 aliphatic carbocycles. The predicted octanol–water partition coefficient (Wildman–Crippen LogP) is 25.0. The molecule has 0 aliphatic rings. The van der Waals surface area contributed by atoms with Crippen molar-refractivity contribution in [2.24, 2.45) is 0 Å². The summed E-state index contributed by atoms with van der Waals surface area (Å²) in [5.74, 6) is -0.867. The van der Waals surface area contributed by atoms with Crippen LogP contribution in [0.2, 0.25) is 0 Å². The minimum atomic E-state index is -0.781. The third-order valence-electron chi connectivity index (χ3n) is 15.9. The maximum atomic E-state index is 12.9. The summed E-state index contributed by atoms with van der Waals surface area (Å²) in [6.07, 6.45) is 94.8. The van der Waals surface area contributed by atoms with Gasteiger partial charge in [-0.2, -0.15) is 0 Å². The van der Waals surface area contributed by atoms with E-state index in [-0.39, 0.29) is 31.1 Å². The molecule has 0 saturated heterocycles. The zero-order valence-corrected chi connectivity index (χ0v) is 55.2. The number of carbonyl (C=O) groups excluding carboxylic acids is 3. The monoisotopic (exact) mass is 1160 g/mol. The molecule has 0 saturated carbocycles. The highest BCUT2D eigenvalue weighted by molar-refractivity contribution is 5.71. The van der Waals surface area contributed by atoms with Crippen LogP contribution in [0, 0.1) is 0 Å². The lowest BCUT2D eigenvalue weighted by molar-refractivity contribution is -0.167. The molecule has 480 valence electrons. The lowest BCUT2D eigenvalue weighted by Crippen LogP contribution is -2.30. The van der Waals surface area contributed by atoms with Crippen molar-refractivity contribution in [2.75, 3.05) is 13.2 Å². The average molecular weight is 1160 g/mol. The second kappa shape index (κ2) is 71.1. The van der Waals surface area contributed by atoms with Gasteiger partial charge in [0.1, 0.15) is 13.2 Å². The fourth-order valence-corrected chi connectivity index (χ4v) is 10.5. The van der Waals surface area contributed by atoms with Crippen LogP contribution in [-0.4, -0.2) is 37.2 Å². The molecule has 1 atom stereocenters. The van der Waals surface area contributed by atoms with Gasteiger partial charge in [-0.25, -0.2) is 0 Å². The first-order valence-corrected chi connectivity index (χ1v) is 36.1. The molecule has 0 spiro atoms. The van der Waals surface area contributed by atoms with Gasteiger partial charge in [-0.3, -0.25) is 14.4 Å². The summed E-state index contributed by atoms with van der Waals surface area (Å²) in [4.78, 5) is 38.4. The molecule has 1 unspecified atom stereocenters. The van der Waals surface area contributed by atoms with Crippen LogP contribution in [-0.2, 0) is 28.6 Å². The van der Waals surface area contributed by atoms with Gasteiger partial charge >= 0.3 is 17.9 Å². The maximum absolute atomic E-state index is 12.9. The third kappa shape index (κ3) is 69.3. The van der Waals surface area contributed by atoms with Crippen molar-refractivity contribution in [1.82, 2.24) is 0 Å². The Morgan fingerprint density at radius 2 is 0.470 bits per heavy atom. The van der Waals surface area contributed by atoms with E-state index in [1.165, 1.54) is 212 Å². The first-order chi connectivity index (χ1) is 41.0. The Kier molecular flexibility index (Phi) is 68.2. The minimum Gasteiger partial charge on any atom is -0.462 e. The molecular weight excluding hydrogens is 1020 g/mol. The normalized spacial score (nSPS) is 12.6. The second-order valence-electron chi connectivity index (χ2n) is 24.1. The summed E-state index contributed by atoms with van der Waals surface area (Å²) in [5, 5.41) is 0. The van der Waals surface area contributed by atoms with Crippen molar-refractivity contribution in [3.63, 3.8) is 0 Å². The minimum absolute atomic E-state index is 0.0756. The Morgan fingerprint density at radius 1 is 0.253 bits per heavy atom. The zero-order valence-electron chi connectivity index (χ0n) is 55.2. The molecule has 0 radical (unpaired) electrons. The van der Waals surface area contributed by atoms with Gasteiger partial charge in [0, 0.05) is 19.3 Å². The quantitative estimate of drug-likeness (QED) is 0.0261. The topological polar surface area (TPSA) is 78.9 Å². The number of unbranched alkanes of at least 4 members (excludes halogenated alkanes) is 41. The van der Waals surface area contributed by atoms with Gasteiger partial charge in [0.15, 0.2) is 6.10 Å². The summed E-state index contributed by atoms with van der Waals surface area (Å²) < 4.78 is 17.0. The van der Waals surface area contributed by atoms with Crippen LogP contribution >= 0.6 is 0 Å². The van der Waals surface area contributed by atoms with E-state index in [4.69, 9.17) is 14.2 Å². The largest absolute Gasteiger partial charge is 0.462 e. The highest BCUT2D eigenvalue weighted by Gasteiger charge is 2.19. The third-order valence-corrected chi connectivity index (χ3v) is 15.9. The highest BCUT2D eigenvalue weighted by atomic mass is 16.6. The number of ether oxygens (including phenoxy) is 3. The lowest BCUT2D eigenvalue weighted by atomic mass is 10.0. The van der Waals surface area contributed by atoms with Gasteiger partial charge < -0.3 is 14.2 Å². The summed E-state index contributed by atoms with van der Waals surface area (Å²) in [6, 6.07) is 0. The highest BCUT2D eigenvalue weighted by Crippen LogP contribution is 2.18. The second-order valence-corrected chi connectivity index (χ2v) is 24.1. The number of carbonyl (C=O) groups is 3. The SMILES string of the molecule is CC/C=C\C/C=C\C/C=C\C/C=C\C/C=C\CCCCCCCCCCCCCCCCCCCCCC(=O)OCC(COC(=O)CCCCCCCCCCCCCCCCC)OC(=O)CCCCCCC/C=C\C/C=C\CCCCC. The molecule has 0 rings (SSSR count). The van der Waals surface area contributed by atoms with Crippen LogP contribution in [0.15, 0.2) is 85.1 Å². The molecule has 83 heavy (non-hydrogen) atoms. The van der Waals surface area contributed by atoms with E-state index in [0.29, 0.717) is 19.3 Å². The van der Waals surface area contributed by atoms with Crippen molar-refractivity contribution < 1.29 is 28.6 Å². The molecule has 0 heterocycles. The Morgan fingerprint density at radius 3 is 0.759 bits per heavy atom. The van der Waals surface area contributed by atoms with Crippen LogP contribution < -0.4 is 0 Å². The summed E-state index contributed by atoms with van der Waals surface area (Å²) in [6.45, 7) is 6.54. The van der Waals surface area contributed by atoms with E-state index in [1.54, 1.807) is 0 Å². The van der Waals surface area contributed by atoms with Gasteiger partial charge in [0.25, 0.3) is 0 Å². The molecule has 0 fully saturated rings. The van der Waals surface area contributed by atoms with Crippen LogP contribution in [0.4, 0.5) is 0 Å². The van der Waals surface area contributed by atoms with E-state index in [2.05, 4.69) is 106 Å². The molecule has 0 aliphatic heterocycles. The van der Waals surface area contributed by atoms with E-state index in [9.17, 15) is 14.4 Å². The molecular formula is C77H136O6. The standard InChI is InChI=1S/C77H136O6/c1-4-7-10-13-16-19-22-25-28-29-30-31-32-33-34-35-36-37-38-39-40-41-42-43-44-45-46-47-50-52-55-58-61-64-67-70-76(79)82-73-74(83-77(80)71-68-65-62-59-56-53-49-27-24-21-18-15-12-9-6-3)72-81-75(78)69-66-63-60-57-54-51-48-26-23-20-17-14-11-8-5-2/h7,10,16,18-19,21,25,27-28,30-31,33-34,49,74H,4-6,8-9,11-15,17,20,22-24,26,29,32,35-48,50-73H2,1-3H3/b10-7-,19-16-,21-18-,28-25-,31-30-,34-33-,49-27-. The first kappa shape index (κ1) is 79.6. The molecule has 0 aromatic heterocycles. The molecule has 0 aromatic carbocycles. The Labute approximate surface area is 515 Å². The molecule has 6 heteroatoms. The van der Waals surface area contributed by atoms with Crippen molar-refractivity contribution in [3.05, 3.63) is 85.1 Å². The fraction of sp³-hybridized carbons (Fsp3) is 0.779. The number of rotatable bonds is 66. The summed E-state index contributed by atoms with van der Waals surface area (Å²) >= 11 is 0. The number of allylic oxidation sites excluding steroid dienone is 14. The molecule has 0 N–H and O–H groups in total. The van der Waals surface area contributed by atoms with E-state index in [0.717, 1.165) is 116 Å². The van der Waals surface area contributed by atoms with Crippen molar-refractivity contribution in [1.29, 1.82) is 0 Å². The molecule has 0 bridgehead atoms. The molecule has 0 amide bonds. The first-order valence-electron chi connectivity index (χ1n) is 36.1. The number of hydrogen-bond donors (Lipinski definition) is 0. The van der Waals surface area contributed by atoms with Crippen LogP contribution in [0.3, 0.4) is 0 Å².